The Morgan fingerprint density at radius 1 is 0.383 bits per heavy atom. The van der Waals surface area contributed by atoms with Crippen molar-refractivity contribution >= 4 is 64.4 Å². The molecule has 0 unspecified atom stereocenters. The van der Waals surface area contributed by atoms with E-state index in [4.69, 9.17) is 19.4 Å². The molecule has 4 nitrogen and oxygen atoms in total. The van der Waals surface area contributed by atoms with Gasteiger partial charge in [-0.2, -0.15) is 0 Å². The Labute approximate surface area is 349 Å². The van der Waals surface area contributed by atoms with Crippen molar-refractivity contribution in [3.8, 4) is 67.4 Å². The van der Waals surface area contributed by atoms with Gasteiger partial charge in [-0.15, -0.1) is 11.3 Å². The number of furan rings is 1. The van der Waals surface area contributed by atoms with Crippen LogP contribution in [0.1, 0.15) is 0 Å². The van der Waals surface area contributed by atoms with Crippen LogP contribution >= 0.6 is 11.3 Å². The number of hydrogen-bond acceptors (Lipinski definition) is 5. The number of thiophene rings is 1. The number of fused-ring (bicyclic) bond motifs is 8. The zero-order valence-electron chi connectivity index (χ0n) is 32.2. The van der Waals surface area contributed by atoms with Crippen LogP contribution in [0.5, 0.6) is 0 Å². The van der Waals surface area contributed by atoms with E-state index in [2.05, 4.69) is 170 Å². The van der Waals surface area contributed by atoms with Crippen molar-refractivity contribution < 1.29 is 4.42 Å². The molecule has 12 rings (SSSR count). The van der Waals surface area contributed by atoms with Crippen LogP contribution in [0.2, 0.25) is 0 Å². The standard InChI is InChI=1S/C55H33N3OS/c1-3-12-34(13-4-1)40-30-31-44-48(32-40)56-52(54-51(44)45-17-8-10-21-50(45)60-54)38-26-28-39(29-27-38)55-57-46(36-14-5-2-6-15-36)33-47(58-55)37-24-22-35(23-25-37)41-18-11-19-43-42-16-7-9-20-49(42)59-53(41)43/h1-33H. The van der Waals surface area contributed by atoms with Crippen molar-refractivity contribution in [3.05, 3.63) is 200 Å². The highest BCUT2D eigenvalue weighted by atomic mass is 32.1. The van der Waals surface area contributed by atoms with Crippen molar-refractivity contribution in [2.24, 2.45) is 0 Å². The summed E-state index contributed by atoms with van der Waals surface area (Å²) >= 11 is 1.81. The maximum Gasteiger partial charge on any atom is 0.160 e. The zero-order valence-corrected chi connectivity index (χ0v) is 33.0. The number of nitrogens with zero attached hydrogens (tertiary/aromatic N) is 3. The van der Waals surface area contributed by atoms with Crippen LogP contribution in [0, 0.1) is 0 Å². The lowest BCUT2D eigenvalue weighted by Gasteiger charge is -2.11. The molecular weight excluding hydrogens is 751 g/mol. The van der Waals surface area contributed by atoms with Gasteiger partial charge in [0, 0.05) is 59.4 Å². The van der Waals surface area contributed by atoms with E-state index >= 15 is 0 Å². The molecule has 60 heavy (non-hydrogen) atoms. The molecule has 0 N–H and O–H groups in total. The number of rotatable bonds is 6. The number of hydrogen-bond donors (Lipinski definition) is 0. The third-order valence-electron chi connectivity index (χ3n) is 11.5. The lowest BCUT2D eigenvalue weighted by Crippen LogP contribution is -1.96. The topological polar surface area (TPSA) is 51.8 Å². The number of benzene rings is 8. The molecule has 0 saturated carbocycles. The number of para-hydroxylation sites is 2. The molecule has 0 fully saturated rings. The van der Waals surface area contributed by atoms with Crippen molar-refractivity contribution in [2.45, 2.75) is 0 Å². The van der Waals surface area contributed by atoms with Crippen LogP contribution in [0.4, 0.5) is 0 Å². The van der Waals surface area contributed by atoms with Crippen molar-refractivity contribution in [2.75, 3.05) is 0 Å². The van der Waals surface area contributed by atoms with Gasteiger partial charge in [0.2, 0.25) is 0 Å². The van der Waals surface area contributed by atoms with Crippen molar-refractivity contribution in [1.82, 2.24) is 15.0 Å². The lowest BCUT2D eigenvalue weighted by atomic mass is 9.99. The van der Waals surface area contributed by atoms with E-state index in [9.17, 15) is 0 Å². The molecule has 4 aromatic heterocycles. The molecule has 0 spiro atoms. The van der Waals surface area contributed by atoms with Gasteiger partial charge in [-0.05, 0) is 41.0 Å². The molecule has 8 aromatic carbocycles. The maximum absolute atomic E-state index is 6.37. The van der Waals surface area contributed by atoms with Gasteiger partial charge in [-0.3, -0.25) is 0 Å². The summed E-state index contributed by atoms with van der Waals surface area (Å²) in [4.78, 5) is 15.7. The molecule has 0 aliphatic heterocycles. The second-order valence-corrected chi connectivity index (χ2v) is 16.2. The molecule has 4 heterocycles. The fourth-order valence-corrected chi connectivity index (χ4v) is 9.77. The normalized spacial score (nSPS) is 11.7. The van der Waals surface area contributed by atoms with Gasteiger partial charge in [0.25, 0.3) is 0 Å². The lowest BCUT2D eigenvalue weighted by molar-refractivity contribution is 0.670. The Hall–Kier alpha value is -7.73. The first-order valence-electron chi connectivity index (χ1n) is 20.1. The van der Waals surface area contributed by atoms with Crippen LogP contribution in [-0.2, 0) is 0 Å². The van der Waals surface area contributed by atoms with Gasteiger partial charge in [-0.1, -0.05) is 176 Å². The van der Waals surface area contributed by atoms with E-state index in [1.807, 2.05) is 30.3 Å². The molecule has 0 aliphatic rings. The molecule has 0 atom stereocenters. The molecule has 0 aliphatic carbocycles. The first-order valence-corrected chi connectivity index (χ1v) is 20.9. The van der Waals surface area contributed by atoms with Gasteiger partial charge in [0.05, 0.1) is 27.3 Å². The van der Waals surface area contributed by atoms with E-state index in [-0.39, 0.29) is 0 Å². The summed E-state index contributed by atoms with van der Waals surface area (Å²) in [5, 5.41) is 5.92. The van der Waals surface area contributed by atoms with Crippen molar-refractivity contribution in [3.63, 3.8) is 0 Å². The van der Waals surface area contributed by atoms with E-state index in [1.54, 1.807) is 11.3 Å². The first-order chi connectivity index (χ1) is 29.7. The number of aromatic nitrogens is 3. The Morgan fingerprint density at radius 2 is 0.983 bits per heavy atom. The monoisotopic (exact) mass is 783 g/mol. The predicted octanol–water partition coefficient (Wildman–Crippen LogP) is 15.3. The summed E-state index contributed by atoms with van der Waals surface area (Å²) in [5.41, 5.74) is 14.0. The van der Waals surface area contributed by atoms with E-state index in [0.29, 0.717) is 5.82 Å². The van der Waals surface area contributed by atoms with E-state index < -0.39 is 0 Å². The summed E-state index contributed by atoms with van der Waals surface area (Å²) < 4.78 is 8.81. The van der Waals surface area contributed by atoms with Gasteiger partial charge >= 0.3 is 0 Å². The van der Waals surface area contributed by atoms with Gasteiger partial charge < -0.3 is 4.42 Å². The quantitative estimate of drug-likeness (QED) is 0.169. The van der Waals surface area contributed by atoms with Crippen LogP contribution in [0.15, 0.2) is 205 Å². The third kappa shape index (κ3) is 5.78. The van der Waals surface area contributed by atoms with Gasteiger partial charge in [0.1, 0.15) is 11.2 Å². The molecular formula is C55H33N3OS. The summed E-state index contributed by atoms with van der Waals surface area (Å²) in [6.45, 7) is 0. The highest BCUT2D eigenvalue weighted by molar-refractivity contribution is 7.26. The molecule has 0 radical (unpaired) electrons. The fraction of sp³-hybridized carbons (Fsp3) is 0. The molecule has 0 bridgehead atoms. The summed E-state index contributed by atoms with van der Waals surface area (Å²) in [6, 6.07) is 70.1. The van der Waals surface area contributed by atoms with E-state index in [0.717, 1.165) is 83.5 Å². The Balaban J connectivity index is 0.954. The van der Waals surface area contributed by atoms with Crippen LogP contribution in [-0.4, -0.2) is 15.0 Å². The molecule has 5 heteroatoms. The largest absolute Gasteiger partial charge is 0.455 e. The Morgan fingerprint density at radius 3 is 1.77 bits per heavy atom. The predicted molar refractivity (Wildman–Crippen MR) is 250 cm³/mol. The molecule has 0 saturated heterocycles. The summed E-state index contributed by atoms with van der Waals surface area (Å²) in [7, 11) is 0. The van der Waals surface area contributed by atoms with Crippen LogP contribution in [0.25, 0.3) is 120 Å². The van der Waals surface area contributed by atoms with Gasteiger partial charge in [-0.25, -0.2) is 15.0 Å². The van der Waals surface area contributed by atoms with E-state index in [1.165, 1.54) is 31.1 Å². The average molecular weight is 784 g/mol. The molecule has 280 valence electrons. The zero-order chi connectivity index (χ0) is 39.6. The molecule has 0 amide bonds. The maximum atomic E-state index is 6.37. The second kappa shape index (κ2) is 14.0. The Bertz CT molecular complexity index is 3570. The SMILES string of the molecule is c1ccc(-c2ccc3c(c2)nc(-c2ccc(-c4nc(-c5ccccc5)cc(-c5ccc(-c6cccc7c6oc6ccccc67)cc5)n4)cc2)c2sc4ccccc4c23)cc1. The van der Waals surface area contributed by atoms with Crippen LogP contribution in [0.3, 0.4) is 0 Å². The fourth-order valence-electron chi connectivity index (χ4n) is 8.55. The van der Waals surface area contributed by atoms with Gasteiger partial charge in [0.15, 0.2) is 5.82 Å². The van der Waals surface area contributed by atoms with Crippen molar-refractivity contribution in [1.29, 1.82) is 0 Å². The number of pyridine rings is 1. The molecule has 12 aromatic rings. The minimum atomic E-state index is 0.667. The van der Waals surface area contributed by atoms with Crippen LogP contribution < -0.4 is 0 Å². The highest BCUT2D eigenvalue weighted by Crippen LogP contribution is 2.44. The second-order valence-electron chi connectivity index (χ2n) is 15.1. The highest BCUT2D eigenvalue weighted by Gasteiger charge is 2.18. The Kier molecular flexibility index (Phi) is 8.00. The smallest absolute Gasteiger partial charge is 0.160 e. The minimum absolute atomic E-state index is 0.667. The average Bonchev–Trinajstić information content (AvgIpc) is 3.91. The first kappa shape index (κ1) is 34.3. The summed E-state index contributed by atoms with van der Waals surface area (Å²) in [6.07, 6.45) is 0. The minimum Gasteiger partial charge on any atom is -0.455 e. The third-order valence-corrected chi connectivity index (χ3v) is 12.7. The summed E-state index contributed by atoms with van der Waals surface area (Å²) in [5.74, 6) is 0.667.